The van der Waals surface area contributed by atoms with Crippen molar-refractivity contribution in [1.82, 2.24) is 0 Å². The number of carbonyl (C=O) groups excluding carboxylic acids is 1. The minimum atomic E-state index is 0.367. The SMILES string of the molecule is NCCCCC(=O)CCc1cccs1. The summed E-state index contributed by atoms with van der Waals surface area (Å²) in [5.74, 6) is 0.367. The van der Waals surface area contributed by atoms with E-state index in [4.69, 9.17) is 5.73 Å². The maximum absolute atomic E-state index is 11.4. The van der Waals surface area contributed by atoms with E-state index in [0.29, 0.717) is 25.2 Å². The average Bonchev–Trinajstić information content (AvgIpc) is 2.68. The second-order valence-corrected chi connectivity index (χ2v) is 4.40. The second kappa shape index (κ2) is 6.74. The summed E-state index contributed by atoms with van der Waals surface area (Å²) in [5.41, 5.74) is 5.36. The fourth-order valence-corrected chi connectivity index (χ4v) is 2.02. The fourth-order valence-electron chi connectivity index (χ4n) is 1.31. The van der Waals surface area contributed by atoms with Crippen LogP contribution in [0.2, 0.25) is 0 Å². The maximum atomic E-state index is 11.4. The summed E-state index contributed by atoms with van der Waals surface area (Å²) in [6, 6.07) is 4.11. The summed E-state index contributed by atoms with van der Waals surface area (Å²) < 4.78 is 0. The van der Waals surface area contributed by atoms with Gasteiger partial charge in [-0.1, -0.05) is 6.07 Å². The normalized spacial score (nSPS) is 10.4. The summed E-state index contributed by atoms with van der Waals surface area (Å²) in [5, 5.41) is 2.05. The highest BCUT2D eigenvalue weighted by molar-refractivity contribution is 7.09. The molecule has 1 heterocycles. The Morgan fingerprint density at radius 3 is 2.86 bits per heavy atom. The molecule has 0 aliphatic carbocycles. The number of rotatable bonds is 7. The van der Waals surface area contributed by atoms with E-state index in [1.807, 2.05) is 11.4 Å². The first-order chi connectivity index (χ1) is 6.83. The van der Waals surface area contributed by atoms with Crippen molar-refractivity contribution in [1.29, 1.82) is 0 Å². The Labute approximate surface area is 89.1 Å². The zero-order valence-electron chi connectivity index (χ0n) is 8.37. The highest BCUT2D eigenvalue weighted by Crippen LogP contribution is 2.12. The summed E-state index contributed by atoms with van der Waals surface area (Å²) in [7, 11) is 0. The van der Waals surface area contributed by atoms with Gasteiger partial charge < -0.3 is 5.73 Å². The van der Waals surface area contributed by atoms with Gasteiger partial charge in [0, 0.05) is 17.7 Å². The quantitative estimate of drug-likeness (QED) is 0.704. The topological polar surface area (TPSA) is 43.1 Å². The number of unbranched alkanes of at least 4 members (excludes halogenated alkanes) is 1. The maximum Gasteiger partial charge on any atom is 0.133 e. The minimum Gasteiger partial charge on any atom is -0.330 e. The van der Waals surface area contributed by atoms with Gasteiger partial charge in [-0.05, 0) is 37.3 Å². The summed E-state index contributed by atoms with van der Waals surface area (Å²) in [4.78, 5) is 12.7. The molecule has 1 aromatic rings. The Hall–Kier alpha value is -0.670. The van der Waals surface area contributed by atoms with Crippen molar-refractivity contribution in [3.05, 3.63) is 22.4 Å². The number of hydrogen-bond acceptors (Lipinski definition) is 3. The lowest BCUT2D eigenvalue weighted by molar-refractivity contribution is -0.119. The zero-order chi connectivity index (χ0) is 10.2. The number of ketones is 1. The summed E-state index contributed by atoms with van der Waals surface area (Å²) in [6.45, 7) is 0.693. The molecule has 0 aliphatic heterocycles. The monoisotopic (exact) mass is 211 g/mol. The molecule has 0 atom stereocenters. The smallest absolute Gasteiger partial charge is 0.133 e. The molecule has 0 radical (unpaired) electrons. The van der Waals surface area contributed by atoms with Crippen LogP contribution in [-0.4, -0.2) is 12.3 Å². The van der Waals surface area contributed by atoms with E-state index in [1.54, 1.807) is 11.3 Å². The highest BCUT2D eigenvalue weighted by atomic mass is 32.1. The molecule has 0 amide bonds. The average molecular weight is 211 g/mol. The molecule has 0 saturated heterocycles. The largest absolute Gasteiger partial charge is 0.330 e. The van der Waals surface area contributed by atoms with Gasteiger partial charge in [-0.3, -0.25) is 4.79 Å². The van der Waals surface area contributed by atoms with Crippen LogP contribution in [-0.2, 0) is 11.2 Å². The Morgan fingerprint density at radius 1 is 1.36 bits per heavy atom. The van der Waals surface area contributed by atoms with Gasteiger partial charge in [0.2, 0.25) is 0 Å². The van der Waals surface area contributed by atoms with Crippen LogP contribution in [0, 0.1) is 0 Å². The van der Waals surface area contributed by atoms with E-state index in [2.05, 4.69) is 6.07 Å². The van der Waals surface area contributed by atoms with Crippen LogP contribution in [0.3, 0.4) is 0 Å². The molecule has 2 nitrogen and oxygen atoms in total. The third-order valence-electron chi connectivity index (χ3n) is 2.14. The third kappa shape index (κ3) is 4.53. The lowest BCUT2D eigenvalue weighted by Gasteiger charge is -1.98. The van der Waals surface area contributed by atoms with Crippen molar-refractivity contribution in [2.45, 2.75) is 32.1 Å². The molecular weight excluding hydrogens is 194 g/mol. The van der Waals surface area contributed by atoms with Crippen molar-refractivity contribution >= 4 is 17.1 Å². The van der Waals surface area contributed by atoms with Gasteiger partial charge in [0.25, 0.3) is 0 Å². The number of carbonyl (C=O) groups is 1. The Morgan fingerprint density at radius 2 is 2.21 bits per heavy atom. The first kappa shape index (κ1) is 11.4. The first-order valence-electron chi connectivity index (χ1n) is 5.07. The molecule has 2 N–H and O–H groups in total. The molecule has 0 aromatic carbocycles. The van der Waals surface area contributed by atoms with Gasteiger partial charge >= 0.3 is 0 Å². The minimum absolute atomic E-state index is 0.367. The van der Waals surface area contributed by atoms with E-state index in [-0.39, 0.29) is 0 Å². The van der Waals surface area contributed by atoms with Gasteiger partial charge in [0.05, 0.1) is 0 Å². The Balaban J connectivity index is 2.09. The van der Waals surface area contributed by atoms with Crippen LogP contribution in [0.1, 0.15) is 30.6 Å². The Kier molecular flexibility index (Phi) is 5.49. The predicted octanol–water partition coefficient (Wildman–Crippen LogP) is 2.38. The highest BCUT2D eigenvalue weighted by Gasteiger charge is 2.02. The van der Waals surface area contributed by atoms with E-state index in [1.165, 1.54) is 4.88 Å². The Bertz CT molecular complexity index is 256. The van der Waals surface area contributed by atoms with Gasteiger partial charge in [-0.2, -0.15) is 0 Å². The molecule has 0 spiro atoms. The molecular formula is C11H17NOS. The van der Waals surface area contributed by atoms with Crippen LogP contribution in [0.15, 0.2) is 17.5 Å². The molecule has 78 valence electrons. The lowest BCUT2D eigenvalue weighted by Crippen LogP contribution is -2.03. The predicted molar refractivity (Wildman–Crippen MR) is 60.6 cm³/mol. The van der Waals surface area contributed by atoms with E-state index < -0.39 is 0 Å². The number of aryl methyl sites for hydroxylation is 1. The van der Waals surface area contributed by atoms with Crippen molar-refractivity contribution in [3.8, 4) is 0 Å². The molecule has 3 heteroatoms. The molecule has 14 heavy (non-hydrogen) atoms. The van der Waals surface area contributed by atoms with Crippen LogP contribution in [0.5, 0.6) is 0 Å². The van der Waals surface area contributed by atoms with Gasteiger partial charge in [-0.15, -0.1) is 11.3 Å². The second-order valence-electron chi connectivity index (χ2n) is 3.36. The summed E-state index contributed by atoms with van der Waals surface area (Å²) >= 11 is 1.72. The number of Topliss-reactive ketones (excluding diaryl/α,β-unsaturated/α-hetero) is 1. The van der Waals surface area contributed by atoms with Crippen molar-refractivity contribution < 1.29 is 4.79 Å². The molecule has 0 bridgehead atoms. The molecule has 0 unspecified atom stereocenters. The molecule has 0 saturated carbocycles. The van der Waals surface area contributed by atoms with Crippen molar-refractivity contribution in [3.63, 3.8) is 0 Å². The van der Waals surface area contributed by atoms with Crippen molar-refractivity contribution in [2.75, 3.05) is 6.54 Å². The van der Waals surface area contributed by atoms with E-state index in [0.717, 1.165) is 19.3 Å². The van der Waals surface area contributed by atoms with Crippen molar-refractivity contribution in [2.24, 2.45) is 5.73 Å². The molecule has 0 aliphatic rings. The van der Waals surface area contributed by atoms with Crippen LogP contribution in [0.4, 0.5) is 0 Å². The van der Waals surface area contributed by atoms with Gasteiger partial charge in [0.1, 0.15) is 5.78 Å². The standard InChI is InChI=1S/C11H17NOS/c12-8-2-1-4-10(13)6-7-11-5-3-9-14-11/h3,5,9H,1-2,4,6-8,12H2. The third-order valence-corrected chi connectivity index (χ3v) is 3.08. The lowest BCUT2D eigenvalue weighted by atomic mass is 10.1. The summed E-state index contributed by atoms with van der Waals surface area (Å²) in [6.07, 6.45) is 4.19. The molecule has 0 fully saturated rings. The number of thiophene rings is 1. The molecule has 1 aromatic heterocycles. The van der Waals surface area contributed by atoms with Crippen LogP contribution >= 0.6 is 11.3 Å². The fraction of sp³-hybridized carbons (Fsp3) is 0.545. The van der Waals surface area contributed by atoms with Gasteiger partial charge in [0.15, 0.2) is 0 Å². The van der Waals surface area contributed by atoms with E-state index >= 15 is 0 Å². The number of hydrogen-bond donors (Lipinski definition) is 1. The van der Waals surface area contributed by atoms with Gasteiger partial charge in [-0.25, -0.2) is 0 Å². The number of nitrogens with two attached hydrogens (primary N) is 1. The molecule has 1 rings (SSSR count). The first-order valence-corrected chi connectivity index (χ1v) is 5.95. The van der Waals surface area contributed by atoms with E-state index in [9.17, 15) is 4.79 Å². The zero-order valence-corrected chi connectivity index (χ0v) is 9.19. The van der Waals surface area contributed by atoms with Crippen LogP contribution < -0.4 is 5.73 Å². The van der Waals surface area contributed by atoms with Crippen LogP contribution in [0.25, 0.3) is 0 Å².